The molecule has 0 bridgehead atoms. The summed E-state index contributed by atoms with van der Waals surface area (Å²) < 4.78 is 18.8. The van der Waals surface area contributed by atoms with Crippen LogP contribution in [0.3, 0.4) is 0 Å². The van der Waals surface area contributed by atoms with Gasteiger partial charge in [-0.25, -0.2) is 4.79 Å². The summed E-state index contributed by atoms with van der Waals surface area (Å²) in [4.78, 5) is 17.0. The largest absolute Gasteiger partial charge is 0.487 e. The standard InChI is InChI=1S/C39H45IN2O4S/c1-29(2)42(30(3)4)36-16-11-31(12-17-36)21-25-47-26-22-32-13-20-37(46-39(43)41(5)35-18-14-34(40)15-19-35)38(27-32)45-24-23-44-28-33-9-7-6-8-10-33/h6-20,22,26-27,29-30H,21,23-25,28H2,1-5H3/b26-22+. The van der Waals surface area contributed by atoms with Crippen LogP contribution in [0.1, 0.15) is 44.4 Å². The number of hydrogen-bond acceptors (Lipinski definition) is 6. The summed E-state index contributed by atoms with van der Waals surface area (Å²) >= 11 is 4.00. The maximum atomic E-state index is 13.0. The van der Waals surface area contributed by atoms with E-state index in [1.807, 2.05) is 66.7 Å². The third-order valence-corrected chi connectivity index (χ3v) is 8.95. The molecule has 0 aliphatic carbocycles. The van der Waals surface area contributed by atoms with Crippen LogP contribution in [0.2, 0.25) is 0 Å². The average Bonchev–Trinajstić information content (AvgIpc) is 3.06. The summed E-state index contributed by atoms with van der Waals surface area (Å²) in [5.74, 6) is 1.82. The topological polar surface area (TPSA) is 51.2 Å². The Labute approximate surface area is 298 Å². The van der Waals surface area contributed by atoms with Gasteiger partial charge in [-0.2, -0.15) is 0 Å². The van der Waals surface area contributed by atoms with E-state index >= 15 is 0 Å². The van der Waals surface area contributed by atoms with E-state index in [4.69, 9.17) is 14.2 Å². The second-order valence-electron chi connectivity index (χ2n) is 11.7. The number of carbonyl (C=O) groups is 1. The van der Waals surface area contributed by atoms with Crippen LogP contribution in [0.5, 0.6) is 11.5 Å². The Kier molecular flexibility index (Phi) is 14.5. The molecule has 0 heterocycles. The van der Waals surface area contributed by atoms with Gasteiger partial charge in [0, 0.05) is 39.8 Å². The summed E-state index contributed by atoms with van der Waals surface area (Å²) in [5.41, 5.74) is 5.39. The Balaban J connectivity index is 1.35. The highest BCUT2D eigenvalue weighted by atomic mass is 127. The highest BCUT2D eigenvalue weighted by Crippen LogP contribution is 2.31. The van der Waals surface area contributed by atoms with E-state index in [0.29, 0.717) is 43.4 Å². The van der Waals surface area contributed by atoms with Gasteiger partial charge in [0.15, 0.2) is 11.5 Å². The molecule has 4 rings (SSSR count). The zero-order valence-electron chi connectivity index (χ0n) is 27.9. The highest BCUT2D eigenvalue weighted by molar-refractivity contribution is 14.1. The van der Waals surface area contributed by atoms with Gasteiger partial charge in [-0.1, -0.05) is 48.5 Å². The van der Waals surface area contributed by atoms with Crippen molar-refractivity contribution >= 4 is 57.9 Å². The lowest BCUT2D eigenvalue weighted by Gasteiger charge is -2.33. The van der Waals surface area contributed by atoms with E-state index < -0.39 is 6.09 Å². The van der Waals surface area contributed by atoms with Crippen molar-refractivity contribution in [3.05, 3.63) is 123 Å². The number of hydrogen-bond donors (Lipinski definition) is 0. The van der Waals surface area contributed by atoms with Crippen molar-refractivity contribution < 1.29 is 19.0 Å². The van der Waals surface area contributed by atoms with Crippen molar-refractivity contribution in [1.82, 2.24) is 0 Å². The number of ether oxygens (including phenoxy) is 3. The van der Waals surface area contributed by atoms with Crippen LogP contribution >= 0.6 is 34.4 Å². The van der Waals surface area contributed by atoms with Crippen LogP contribution in [-0.4, -0.2) is 44.2 Å². The molecule has 1 amide bonds. The van der Waals surface area contributed by atoms with Crippen molar-refractivity contribution in [3.8, 4) is 11.5 Å². The third-order valence-electron chi connectivity index (χ3n) is 7.46. The Bertz CT molecular complexity index is 1550. The number of nitrogens with zero attached hydrogens (tertiary/aromatic N) is 2. The predicted molar refractivity (Wildman–Crippen MR) is 206 cm³/mol. The van der Waals surface area contributed by atoms with Crippen molar-refractivity contribution in [2.75, 3.05) is 35.8 Å². The lowest BCUT2D eigenvalue weighted by molar-refractivity contribution is 0.0880. The Morgan fingerprint density at radius 2 is 1.49 bits per heavy atom. The van der Waals surface area contributed by atoms with Crippen molar-refractivity contribution in [2.45, 2.75) is 52.8 Å². The molecule has 0 aromatic heterocycles. The summed E-state index contributed by atoms with van der Waals surface area (Å²) in [6.07, 6.45) is 2.54. The molecule has 0 aliphatic heterocycles. The van der Waals surface area contributed by atoms with Crippen LogP contribution < -0.4 is 19.3 Å². The Morgan fingerprint density at radius 3 is 2.17 bits per heavy atom. The average molecular weight is 765 g/mol. The minimum absolute atomic E-state index is 0.317. The second kappa shape index (κ2) is 18.8. The van der Waals surface area contributed by atoms with Crippen LogP contribution in [0, 0.1) is 3.57 Å². The van der Waals surface area contributed by atoms with Gasteiger partial charge in [-0.05, 0) is 133 Å². The van der Waals surface area contributed by atoms with Gasteiger partial charge in [0.1, 0.15) is 6.61 Å². The highest BCUT2D eigenvalue weighted by Gasteiger charge is 2.17. The molecular weight excluding hydrogens is 719 g/mol. The number of anilines is 2. The number of aryl methyl sites for hydroxylation is 1. The van der Waals surface area contributed by atoms with Gasteiger partial charge >= 0.3 is 6.09 Å². The van der Waals surface area contributed by atoms with Gasteiger partial charge < -0.3 is 19.1 Å². The van der Waals surface area contributed by atoms with Gasteiger partial charge in [0.2, 0.25) is 0 Å². The fourth-order valence-corrected chi connectivity index (χ4v) is 6.23. The van der Waals surface area contributed by atoms with Gasteiger partial charge in [0.05, 0.1) is 13.2 Å². The molecule has 8 heteroatoms. The molecule has 0 atom stereocenters. The lowest BCUT2D eigenvalue weighted by atomic mass is 10.1. The van der Waals surface area contributed by atoms with Crippen LogP contribution in [0.15, 0.2) is 102 Å². The normalized spacial score (nSPS) is 11.3. The van der Waals surface area contributed by atoms with E-state index in [1.165, 1.54) is 16.2 Å². The fourth-order valence-electron chi connectivity index (χ4n) is 5.13. The van der Waals surface area contributed by atoms with E-state index in [1.54, 1.807) is 24.9 Å². The van der Waals surface area contributed by atoms with Crippen molar-refractivity contribution in [2.24, 2.45) is 0 Å². The van der Waals surface area contributed by atoms with Crippen LogP contribution in [-0.2, 0) is 17.8 Å². The first kappa shape index (κ1) is 36.4. The summed E-state index contributed by atoms with van der Waals surface area (Å²) in [7, 11) is 1.69. The van der Waals surface area contributed by atoms with Gasteiger partial charge in [0.25, 0.3) is 0 Å². The summed E-state index contributed by atoms with van der Waals surface area (Å²) in [5, 5.41) is 2.10. The predicted octanol–water partition coefficient (Wildman–Crippen LogP) is 10.1. The number of rotatable bonds is 16. The first-order valence-corrected chi connectivity index (χ1v) is 18.1. The molecule has 0 unspecified atom stereocenters. The monoisotopic (exact) mass is 764 g/mol. The van der Waals surface area contributed by atoms with E-state index in [0.717, 1.165) is 32.6 Å². The zero-order valence-corrected chi connectivity index (χ0v) is 30.9. The molecule has 0 spiro atoms. The van der Waals surface area contributed by atoms with Gasteiger partial charge in [-0.15, -0.1) is 11.8 Å². The number of benzene rings is 4. The maximum absolute atomic E-state index is 13.0. The first-order valence-electron chi connectivity index (χ1n) is 16.0. The number of amides is 1. The number of halogens is 1. The smallest absolute Gasteiger partial charge is 0.419 e. The van der Waals surface area contributed by atoms with Crippen molar-refractivity contribution in [1.29, 1.82) is 0 Å². The molecule has 6 nitrogen and oxygen atoms in total. The number of thioether (sulfide) groups is 1. The van der Waals surface area contributed by atoms with Crippen LogP contribution in [0.4, 0.5) is 16.2 Å². The molecule has 248 valence electrons. The molecule has 47 heavy (non-hydrogen) atoms. The minimum atomic E-state index is -0.496. The van der Waals surface area contributed by atoms with E-state index in [2.05, 4.69) is 90.9 Å². The minimum Gasteiger partial charge on any atom is -0.487 e. The van der Waals surface area contributed by atoms with E-state index in [-0.39, 0.29) is 0 Å². The lowest BCUT2D eigenvalue weighted by Crippen LogP contribution is -2.36. The molecule has 4 aromatic carbocycles. The van der Waals surface area contributed by atoms with E-state index in [9.17, 15) is 4.79 Å². The summed E-state index contributed by atoms with van der Waals surface area (Å²) in [6, 6.07) is 33.2. The molecule has 0 radical (unpaired) electrons. The molecular formula is C39H45IN2O4S. The maximum Gasteiger partial charge on any atom is 0.419 e. The first-order chi connectivity index (χ1) is 22.7. The van der Waals surface area contributed by atoms with Crippen molar-refractivity contribution in [3.63, 3.8) is 0 Å². The van der Waals surface area contributed by atoms with Gasteiger partial charge in [-0.3, -0.25) is 4.90 Å². The molecule has 4 aromatic rings. The molecule has 0 saturated carbocycles. The molecule has 0 N–H and O–H groups in total. The number of carbonyl (C=O) groups excluding carboxylic acids is 1. The SMILES string of the molecule is CC(C)N(c1ccc(CCS/C=C/c2ccc(OC(=O)N(C)c3ccc(I)cc3)c(OCCOCc3ccccc3)c2)cc1)C(C)C. The molecule has 0 aliphatic rings. The zero-order chi connectivity index (χ0) is 33.6. The molecule has 0 saturated heterocycles. The quantitative estimate of drug-likeness (QED) is 0.0837. The Hall–Kier alpha value is -3.47. The fraction of sp³-hybridized carbons (Fsp3) is 0.308. The Morgan fingerprint density at radius 1 is 0.809 bits per heavy atom. The molecule has 0 fully saturated rings. The summed E-state index contributed by atoms with van der Waals surface area (Å²) in [6.45, 7) is 10.2. The third kappa shape index (κ3) is 11.6. The second-order valence-corrected chi connectivity index (χ2v) is 13.9. The van der Waals surface area contributed by atoms with Crippen LogP contribution in [0.25, 0.3) is 6.08 Å².